The monoisotopic (exact) mass is 573 g/mol. The Balaban J connectivity index is 1.42. The molecule has 0 saturated carbocycles. The number of rotatable bonds is 8. The summed E-state index contributed by atoms with van der Waals surface area (Å²) < 4.78 is 94.9. The van der Waals surface area contributed by atoms with E-state index in [1.165, 1.54) is 22.2 Å². The normalized spacial score (nSPS) is 16.7. The van der Waals surface area contributed by atoms with E-state index < -0.39 is 57.1 Å². The van der Waals surface area contributed by atoms with Crippen LogP contribution in [0.3, 0.4) is 0 Å². The summed E-state index contributed by atoms with van der Waals surface area (Å²) in [5.41, 5.74) is -3.22. The molecule has 0 unspecified atom stereocenters. The van der Waals surface area contributed by atoms with Gasteiger partial charge in [-0.25, -0.2) is 26.9 Å². The van der Waals surface area contributed by atoms with E-state index in [4.69, 9.17) is 0 Å². The van der Waals surface area contributed by atoms with E-state index in [-0.39, 0.29) is 43.9 Å². The molecular formula is C24H24F5N5O4S. The van der Waals surface area contributed by atoms with Crippen LogP contribution in [-0.2, 0) is 28.3 Å². The first kappa shape index (κ1) is 28.6. The minimum atomic E-state index is -4.54. The minimum Gasteiger partial charge on any atom is -0.383 e. The van der Waals surface area contributed by atoms with Gasteiger partial charge >= 0.3 is 6.18 Å². The number of amides is 1. The Morgan fingerprint density at radius 2 is 1.67 bits per heavy atom. The first-order chi connectivity index (χ1) is 18.3. The van der Waals surface area contributed by atoms with Gasteiger partial charge in [0.25, 0.3) is 5.91 Å². The van der Waals surface area contributed by atoms with Crippen LogP contribution in [0, 0.1) is 11.6 Å². The summed E-state index contributed by atoms with van der Waals surface area (Å²) in [6, 6.07) is 6.32. The highest BCUT2D eigenvalue weighted by molar-refractivity contribution is 7.89. The van der Waals surface area contributed by atoms with Crippen LogP contribution in [0.4, 0.5) is 22.0 Å². The molecule has 3 aromatic rings. The molecule has 0 spiro atoms. The fourth-order valence-electron chi connectivity index (χ4n) is 4.33. The maximum atomic E-state index is 14.6. The molecule has 1 aromatic heterocycles. The summed E-state index contributed by atoms with van der Waals surface area (Å²) in [6.07, 6.45) is -2.55. The van der Waals surface area contributed by atoms with Crippen molar-refractivity contribution >= 4 is 15.9 Å². The zero-order valence-electron chi connectivity index (χ0n) is 20.4. The van der Waals surface area contributed by atoms with Crippen LogP contribution in [0.5, 0.6) is 0 Å². The number of alkyl halides is 3. The van der Waals surface area contributed by atoms with Gasteiger partial charge in [-0.1, -0.05) is 6.07 Å². The van der Waals surface area contributed by atoms with Gasteiger partial charge in [0.15, 0.2) is 0 Å². The van der Waals surface area contributed by atoms with Gasteiger partial charge in [0.05, 0.1) is 17.9 Å². The molecule has 0 aliphatic carbocycles. The van der Waals surface area contributed by atoms with Crippen LogP contribution < -0.4 is 0 Å². The van der Waals surface area contributed by atoms with Crippen LogP contribution in [0.2, 0.25) is 0 Å². The lowest BCUT2D eigenvalue weighted by Gasteiger charge is -2.35. The largest absolute Gasteiger partial charge is 0.416 e. The molecule has 1 aliphatic rings. The minimum absolute atomic E-state index is 0.00506. The Morgan fingerprint density at radius 3 is 2.23 bits per heavy atom. The highest BCUT2D eigenvalue weighted by Crippen LogP contribution is 2.31. The average molecular weight is 574 g/mol. The maximum absolute atomic E-state index is 14.6. The second-order valence-corrected chi connectivity index (χ2v) is 11.2. The highest BCUT2D eigenvalue weighted by atomic mass is 32.2. The molecule has 15 heteroatoms. The number of piperazine rings is 1. The zero-order chi connectivity index (χ0) is 28.4. The van der Waals surface area contributed by atoms with Crippen molar-refractivity contribution < 1.29 is 40.3 Å². The Bertz CT molecular complexity index is 1410. The van der Waals surface area contributed by atoms with Crippen molar-refractivity contribution in [3.05, 3.63) is 83.4 Å². The molecule has 0 bridgehead atoms. The predicted molar refractivity (Wildman–Crippen MR) is 128 cm³/mol. The number of carbonyl (C=O) groups excluding carboxylic acids is 1. The molecule has 2 aromatic carbocycles. The number of aromatic nitrogens is 3. The van der Waals surface area contributed by atoms with Gasteiger partial charge in [-0.15, -0.1) is 0 Å². The molecule has 9 nitrogen and oxygen atoms in total. The third kappa shape index (κ3) is 6.59. The Kier molecular flexibility index (Phi) is 8.04. The van der Waals surface area contributed by atoms with E-state index in [0.29, 0.717) is 6.07 Å². The van der Waals surface area contributed by atoms with Gasteiger partial charge in [-0.2, -0.15) is 22.6 Å². The van der Waals surface area contributed by atoms with Gasteiger partial charge in [0, 0.05) is 43.4 Å². The van der Waals surface area contributed by atoms with Crippen molar-refractivity contribution in [1.82, 2.24) is 24.0 Å². The predicted octanol–water partition coefficient (Wildman–Crippen LogP) is 2.64. The molecule has 1 aliphatic heterocycles. The Hall–Kier alpha value is -3.43. The molecule has 210 valence electrons. The van der Waals surface area contributed by atoms with Gasteiger partial charge < -0.3 is 10.0 Å². The molecule has 1 atom stereocenters. The summed E-state index contributed by atoms with van der Waals surface area (Å²) in [4.78, 5) is 17.8. The second kappa shape index (κ2) is 11.0. The van der Waals surface area contributed by atoms with E-state index in [1.54, 1.807) is 0 Å². The topological polar surface area (TPSA) is 109 Å². The lowest BCUT2D eigenvalue weighted by atomic mass is 9.90. The smallest absolute Gasteiger partial charge is 0.383 e. The van der Waals surface area contributed by atoms with Gasteiger partial charge in [0.1, 0.15) is 29.9 Å². The van der Waals surface area contributed by atoms with Crippen LogP contribution in [-0.4, -0.2) is 75.3 Å². The molecule has 0 radical (unpaired) electrons. The quantitative estimate of drug-likeness (QED) is 0.415. The number of hydrogen-bond acceptors (Lipinski definition) is 6. The molecule has 4 rings (SSSR count). The van der Waals surface area contributed by atoms with Gasteiger partial charge in [-0.3, -0.25) is 4.79 Å². The van der Waals surface area contributed by atoms with Crippen LogP contribution in [0.25, 0.3) is 0 Å². The summed E-state index contributed by atoms with van der Waals surface area (Å²) >= 11 is 0. The summed E-state index contributed by atoms with van der Waals surface area (Å²) in [5, 5.41) is 15.2. The molecule has 1 saturated heterocycles. The number of benzene rings is 2. The van der Waals surface area contributed by atoms with E-state index in [1.807, 2.05) is 0 Å². The fraction of sp³-hybridized carbons (Fsp3) is 0.375. The Morgan fingerprint density at radius 1 is 1.00 bits per heavy atom. The summed E-state index contributed by atoms with van der Waals surface area (Å²) in [6.45, 7) is -0.521. The van der Waals surface area contributed by atoms with Crippen molar-refractivity contribution in [2.75, 3.05) is 31.9 Å². The first-order valence-corrected chi connectivity index (χ1v) is 13.3. The van der Waals surface area contributed by atoms with Crippen LogP contribution in [0.1, 0.15) is 27.9 Å². The van der Waals surface area contributed by atoms with Crippen LogP contribution >= 0.6 is 0 Å². The molecular weight excluding hydrogens is 549 g/mol. The summed E-state index contributed by atoms with van der Waals surface area (Å²) in [7, 11) is -3.99. The zero-order valence-corrected chi connectivity index (χ0v) is 21.2. The van der Waals surface area contributed by atoms with Crippen molar-refractivity contribution in [3.63, 3.8) is 0 Å². The fourth-order valence-corrected chi connectivity index (χ4v) is 5.90. The average Bonchev–Trinajstić information content (AvgIpc) is 3.39. The third-order valence-corrected chi connectivity index (χ3v) is 8.35. The second-order valence-electron chi connectivity index (χ2n) is 9.08. The van der Waals surface area contributed by atoms with Crippen molar-refractivity contribution in [2.24, 2.45) is 0 Å². The summed E-state index contributed by atoms with van der Waals surface area (Å²) in [5.74, 6) is -3.04. The molecule has 1 fully saturated rings. The van der Waals surface area contributed by atoms with E-state index in [9.17, 15) is 40.3 Å². The number of carbonyl (C=O) groups is 1. The van der Waals surface area contributed by atoms with Crippen molar-refractivity contribution in [2.45, 2.75) is 24.7 Å². The van der Waals surface area contributed by atoms with Crippen LogP contribution in [0.15, 0.2) is 55.1 Å². The lowest BCUT2D eigenvalue weighted by Crippen LogP contribution is -2.51. The number of hydrogen-bond donors (Lipinski definition) is 1. The van der Waals surface area contributed by atoms with E-state index in [2.05, 4.69) is 10.1 Å². The first-order valence-electron chi connectivity index (χ1n) is 11.7. The van der Waals surface area contributed by atoms with E-state index >= 15 is 0 Å². The standard InChI is InChI=1S/C24H24F5N5O4S/c25-19-5-6-20(21(26)13-19)23(36,14-33-16-30-15-31-33)7-12-39(37,38)34-10-8-32(9-11-34)22(35)17-1-3-18(4-2-17)24(27,28)29/h1-6,13,15-16,36H,7-12,14H2/t23-/m0/s1. The van der Waals surface area contributed by atoms with E-state index in [0.717, 1.165) is 40.7 Å². The SMILES string of the molecule is O=C(c1ccc(C(F)(F)F)cc1)N1CCN(S(=O)(=O)CC[C@](O)(Cn2cncn2)c2ccc(F)cc2F)CC1. The number of nitrogens with zero attached hydrogens (tertiary/aromatic N) is 5. The van der Waals surface area contributed by atoms with Crippen molar-refractivity contribution in [3.8, 4) is 0 Å². The molecule has 1 N–H and O–H groups in total. The number of sulfonamides is 1. The maximum Gasteiger partial charge on any atom is 0.416 e. The molecule has 2 heterocycles. The Labute approximate surface area is 220 Å². The van der Waals surface area contributed by atoms with Crippen molar-refractivity contribution in [1.29, 1.82) is 0 Å². The van der Waals surface area contributed by atoms with Gasteiger partial charge in [-0.05, 0) is 36.8 Å². The third-order valence-electron chi connectivity index (χ3n) is 6.47. The number of aliphatic hydroxyl groups is 1. The molecule has 39 heavy (non-hydrogen) atoms. The molecule has 1 amide bonds. The highest BCUT2D eigenvalue weighted by Gasteiger charge is 2.37. The van der Waals surface area contributed by atoms with Gasteiger partial charge in [0.2, 0.25) is 10.0 Å². The lowest BCUT2D eigenvalue weighted by molar-refractivity contribution is -0.137. The number of halogens is 5.